The molecule has 17 heteroatoms. The van der Waals surface area contributed by atoms with Gasteiger partial charge in [0.15, 0.2) is 18.1 Å². The number of carboxylic acids is 2. The fourth-order valence-electron chi connectivity index (χ4n) is 6.84. The molecule has 0 amide bonds. The standard InChI is InChI=1S/C23H16Br2F2N2O3.C21H20Br2N2O4/c1-11-2-3-13(9-17(11)26)22-28-19-5-4-14(10-20(19)29-22)32-21-15(24)6-12(7-16(21)25)8-18(27)23(30)31;22-15-8-14(28-11-20(26)27)9-16(23)21(15)29-13-5-6-17-18(10-13)25-19(24-17)7-12-3-1-2-4-12/h2-7,9-10,18H,8H2,1H3,(H,28,29)(H,30,31);5-6,8-10,12H,1-4,7,11H2,(H,24,25)(H,26,27). The number of aromatic nitrogens is 4. The molecule has 0 bridgehead atoms. The molecule has 1 aliphatic rings. The number of hydrogen-bond donors (Lipinski definition) is 4. The van der Waals surface area contributed by atoms with E-state index in [1.54, 1.807) is 61.5 Å². The van der Waals surface area contributed by atoms with Gasteiger partial charge in [0.1, 0.15) is 34.7 Å². The number of aryl methyl sites for hydroxylation is 1. The average molecular weight is 1090 g/mol. The highest BCUT2D eigenvalue weighted by molar-refractivity contribution is 9.11. The summed E-state index contributed by atoms with van der Waals surface area (Å²) in [5.41, 5.74) is 5.00. The van der Waals surface area contributed by atoms with Gasteiger partial charge in [-0.15, -0.1) is 0 Å². The number of carbonyl (C=O) groups is 2. The molecule has 2 heterocycles. The van der Waals surface area contributed by atoms with Gasteiger partial charge in [0.05, 0.1) is 40.0 Å². The smallest absolute Gasteiger partial charge is 0.341 e. The van der Waals surface area contributed by atoms with Crippen molar-refractivity contribution in [1.82, 2.24) is 19.9 Å². The molecule has 11 nitrogen and oxygen atoms in total. The minimum Gasteiger partial charge on any atom is -0.482 e. The van der Waals surface area contributed by atoms with Crippen LogP contribution in [0.4, 0.5) is 8.78 Å². The second-order valence-corrected chi connectivity index (χ2v) is 17.9. The van der Waals surface area contributed by atoms with Gasteiger partial charge in [-0.2, -0.15) is 0 Å². The summed E-state index contributed by atoms with van der Waals surface area (Å²) >= 11 is 13.7. The van der Waals surface area contributed by atoms with Crippen molar-refractivity contribution in [2.75, 3.05) is 6.61 Å². The molecule has 1 atom stereocenters. The van der Waals surface area contributed by atoms with Gasteiger partial charge in [0.25, 0.3) is 0 Å². The Bertz CT molecular complexity index is 2710. The van der Waals surface area contributed by atoms with Crippen molar-refractivity contribution < 1.29 is 42.8 Å². The van der Waals surface area contributed by atoms with Crippen LogP contribution in [-0.4, -0.2) is 54.9 Å². The molecule has 8 rings (SSSR count). The zero-order valence-electron chi connectivity index (χ0n) is 32.2. The van der Waals surface area contributed by atoms with E-state index in [0.29, 0.717) is 80.2 Å². The Morgan fingerprint density at radius 3 is 1.92 bits per heavy atom. The highest BCUT2D eigenvalue weighted by Gasteiger charge is 2.20. The van der Waals surface area contributed by atoms with Crippen LogP contribution >= 0.6 is 63.7 Å². The van der Waals surface area contributed by atoms with Gasteiger partial charge < -0.3 is 34.4 Å². The van der Waals surface area contributed by atoms with Crippen LogP contribution in [-0.2, 0) is 22.4 Å². The van der Waals surface area contributed by atoms with Crippen molar-refractivity contribution in [3.8, 4) is 40.1 Å². The third-order valence-electron chi connectivity index (χ3n) is 9.87. The summed E-state index contributed by atoms with van der Waals surface area (Å²) in [6.07, 6.45) is 3.99. The number of H-pyrrole nitrogens is 2. The Hall–Kier alpha value is -4.84. The van der Waals surface area contributed by atoms with E-state index < -0.39 is 24.7 Å². The number of benzene rings is 5. The Morgan fingerprint density at radius 2 is 1.34 bits per heavy atom. The van der Waals surface area contributed by atoms with Crippen molar-refractivity contribution in [1.29, 1.82) is 0 Å². The van der Waals surface area contributed by atoms with Gasteiger partial charge in [-0.1, -0.05) is 37.8 Å². The molecule has 0 aliphatic heterocycles. The molecule has 1 unspecified atom stereocenters. The third-order valence-corrected chi connectivity index (χ3v) is 12.2. The van der Waals surface area contributed by atoms with Crippen LogP contribution in [0.3, 0.4) is 0 Å². The molecule has 7 aromatic rings. The molecule has 1 fully saturated rings. The van der Waals surface area contributed by atoms with E-state index in [1.807, 2.05) is 18.2 Å². The van der Waals surface area contributed by atoms with Gasteiger partial charge >= 0.3 is 11.9 Å². The minimum atomic E-state index is -1.99. The summed E-state index contributed by atoms with van der Waals surface area (Å²) in [5.74, 6) is 2.15. The predicted molar refractivity (Wildman–Crippen MR) is 241 cm³/mol. The van der Waals surface area contributed by atoms with E-state index >= 15 is 0 Å². The monoisotopic (exact) mass is 1090 g/mol. The largest absolute Gasteiger partial charge is 0.482 e. The van der Waals surface area contributed by atoms with Crippen molar-refractivity contribution >= 4 is 97.7 Å². The fourth-order valence-corrected chi connectivity index (χ4v) is 9.59. The van der Waals surface area contributed by atoms with E-state index in [1.165, 1.54) is 31.7 Å². The van der Waals surface area contributed by atoms with Gasteiger partial charge in [0, 0.05) is 30.5 Å². The predicted octanol–water partition coefficient (Wildman–Crippen LogP) is 13.0. The quantitative estimate of drug-likeness (QED) is 0.0881. The molecular weight excluding hydrogens is 1050 g/mol. The molecule has 61 heavy (non-hydrogen) atoms. The Labute approximate surface area is 381 Å². The first-order valence-corrected chi connectivity index (χ1v) is 22.2. The normalized spacial score (nSPS) is 13.2. The lowest BCUT2D eigenvalue weighted by Gasteiger charge is -2.12. The summed E-state index contributed by atoms with van der Waals surface area (Å²) in [7, 11) is 0. The van der Waals surface area contributed by atoms with E-state index in [0.717, 1.165) is 29.2 Å². The number of aromatic amines is 2. The highest BCUT2D eigenvalue weighted by atomic mass is 79.9. The van der Waals surface area contributed by atoms with Crippen LogP contribution in [0, 0.1) is 18.7 Å². The summed E-state index contributed by atoms with van der Waals surface area (Å²) in [4.78, 5) is 37.3. The number of nitrogens with zero attached hydrogens (tertiary/aromatic N) is 2. The maximum Gasteiger partial charge on any atom is 0.341 e. The lowest BCUT2D eigenvalue weighted by Crippen LogP contribution is -2.17. The van der Waals surface area contributed by atoms with Crippen molar-refractivity contribution in [2.24, 2.45) is 5.92 Å². The van der Waals surface area contributed by atoms with Crippen LogP contribution in [0.5, 0.6) is 28.7 Å². The Morgan fingerprint density at radius 1 is 0.770 bits per heavy atom. The second-order valence-electron chi connectivity index (χ2n) is 14.4. The van der Waals surface area contributed by atoms with E-state index in [9.17, 15) is 18.4 Å². The number of hydrogen-bond acceptors (Lipinski definition) is 7. The molecular formula is C44H36Br4F2N4O7. The zero-order chi connectivity index (χ0) is 43.4. The van der Waals surface area contributed by atoms with Crippen molar-refractivity contribution in [3.63, 3.8) is 0 Å². The summed E-state index contributed by atoms with van der Waals surface area (Å²) in [5, 5.41) is 17.5. The Kier molecular flexibility index (Phi) is 14.1. The topological polar surface area (TPSA) is 160 Å². The highest BCUT2D eigenvalue weighted by Crippen LogP contribution is 2.41. The number of fused-ring (bicyclic) bond motifs is 2. The lowest BCUT2D eigenvalue weighted by molar-refractivity contribution is -0.142. The molecule has 0 spiro atoms. The summed E-state index contributed by atoms with van der Waals surface area (Å²) in [6.45, 7) is 1.30. The maximum absolute atomic E-state index is 13.9. The SMILES string of the molecule is Cc1ccc(-c2nc3ccc(Oc4c(Br)cc(CC(F)C(=O)O)cc4Br)cc3[nH]2)cc1F.O=C(O)COc1cc(Br)c(Oc2ccc3nc(CC4CCCC4)[nH]c3c2)c(Br)c1. The molecule has 0 saturated heterocycles. The maximum atomic E-state index is 13.9. The van der Waals surface area contributed by atoms with E-state index in [-0.39, 0.29) is 12.2 Å². The molecule has 316 valence electrons. The second kappa shape index (κ2) is 19.5. The third kappa shape index (κ3) is 11.2. The number of halogens is 6. The Balaban J connectivity index is 0.000000185. The van der Waals surface area contributed by atoms with Gasteiger partial charge in [-0.3, -0.25) is 0 Å². The van der Waals surface area contributed by atoms with Crippen LogP contribution in [0.25, 0.3) is 33.5 Å². The number of alkyl halides is 1. The zero-order valence-corrected chi connectivity index (χ0v) is 38.6. The molecule has 1 aliphatic carbocycles. The van der Waals surface area contributed by atoms with Crippen LogP contribution in [0.2, 0.25) is 0 Å². The first-order valence-electron chi connectivity index (χ1n) is 19.0. The number of rotatable bonds is 13. The lowest BCUT2D eigenvalue weighted by atomic mass is 10.0. The molecule has 2 aromatic heterocycles. The molecule has 0 radical (unpaired) electrons. The van der Waals surface area contributed by atoms with Crippen LogP contribution < -0.4 is 14.2 Å². The first kappa shape index (κ1) is 44.2. The molecule has 4 N–H and O–H groups in total. The molecule has 5 aromatic carbocycles. The summed E-state index contributed by atoms with van der Waals surface area (Å²) < 4.78 is 47.1. The van der Waals surface area contributed by atoms with Crippen molar-refractivity contribution in [2.45, 2.75) is 51.6 Å². The minimum absolute atomic E-state index is 0.255. The number of aliphatic carboxylic acids is 2. The number of nitrogens with one attached hydrogen (secondary N) is 2. The van der Waals surface area contributed by atoms with E-state index in [2.05, 4.69) is 78.7 Å². The van der Waals surface area contributed by atoms with Crippen molar-refractivity contribution in [3.05, 3.63) is 120 Å². The van der Waals surface area contributed by atoms with Gasteiger partial charge in [-0.05, 0) is 142 Å². The van der Waals surface area contributed by atoms with E-state index in [4.69, 9.17) is 29.4 Å². The number of ether oxygens (including phenoxy) is 3. The van der Waals surface area contributed by atoms with Gasteiger partial charge in [0.2, 0.25) is 6.17 Å². The number of carboxylic acid groups (broad SMARTS) is 2. The van der Waals surface area contributed by atoms with Crippen LogP contribution in [0.1, 0.15) is 42.6 Å². The molecule has 1 saturated carbocycles. The van der Waals surface area contributed by atoms with Gasteiger partial charge in [-0.25, -0.2) is 28.3 Å². The fraction of sp³-hybridized carbons (Fsp3) is 0.227. The average Bonchev–Trinajstić information content (AvgIpc) is 3.98. The number of imidazole rings is 2. The summed E-state index contributed by atoms with van der Waals surface area (Å²) in [6, 6.07) is 22.6. The van der Waals surface area contributed by atoms with Crippen LogP contribution in [0.15, 0.2) is 96.8 Å². The first-order chi connectivity index (χ1) is 29.2.